The molecule has 1 atom stereocenters. The number of aliphatic hydroxyl groups excluding tert-OH is 1. The molecule has 1 nitrogen and oxygen atoms in total. The topological polar surface area (TPSA) is 20.2 Å². The summed E-state index contributed by atoms with van der Waals surface area (Å²) < 4.78 is 0. The van der Waals surface area contributed by atoms with E-state index in [0.717, 1.165) is 31.7 Å². The van der Waals surface area contributed by atoms with Crippen molar-refractivity contribution in [1.82, 2.24) is 0 Å². The molecular formula is C12H24OSi. The van der Waals surface area contributed by atoms with E-state index in [0.29, 0.717) is 0 Å². The number of unbranched alkanes of at least 4 members (excludes halogenated alkanes) is 1. The maximum atomic E-state index is 9.30. The van der Waals surface area contributed by atoms with Crippen LogP contribution < -0.4 is 0 Å². The molecular weight excluding hydrogens is 188 g/mol. The number of hydrogen-bond acceptors (Lipinski definition) is 1. The van der Waals surface area contributed by atoms with E-state index < -0.39 is 8.07 Å². The van der Waals surface area contributed by atoms with Crippen LogP contribution in [-0.4, -0.2) is 19.3 Å². The normalized spacial score (nSPS) is 13.2. The third-order valence-electron chi connectivity index (χ3n) is 2.05. The van der Waals surface area contributed by atoms with Gasteiger partial charge in [0.15, 0.2) is 0 Å². The summed E-state index contributed by atoms with van der Waals surface area (Å²) in [5.74, 6) is 6.44. The highest BCUT2D eigenvalue weighted by molar-refractivity contribution is 6.76. The Kier molecular flexibility index (Phi) is 6.95. The molecule has 0 amide bonds. The van der Waals surface area contributed by atoms with Crippen molar-refractivity contribution in [3.8, 4) is 11.8 Å². The first kappa shape index (κ1) is 13.7. The zero-order chi connectivity index (χ0) is 11.0. The van der Waals surface area contributed by atoms with Gasteiger partial charge in [0.25, 0.3) is 0 Å². The van der Waals surface area contributed by atoms with E-state index in [1.165, 1.54) is 0 Å². The smallest absolute Gasteiger partial charge is 0.0573 e. The molecule has 0 bridgehead atoms. The molecule has 14 heavy (non-hydrogen) atoms. The van der Waals surface area contributed by atoms with Crippen molar-refractivity contribution in [3.63, 3.8) is 0 Å². The van der Waals surface area contributed by atoms with Crippen molar-refractivity contribution < 1.29 is 5.11 Å². The quantitative estimate of drug-likeness (QED) is 0.421. The van der Waals surface area contributed by atoms with Gasteiger partial charge in [0, 0.05) is 12.5 Å². The molecule has 0 rings (SSSR count). The van der Waals surface area contributed by atoms with Crippen LogP contribution in [-0.2, 0) is 0 Å². The van der Waals surface area contributed by atoms with E-state index in [9.17, 15) is 5.11 Å². The molecule has 0 saturated carbocycles. The molecule has 0 saturated heterocycles. The summed E-state index contributed by atoms with van der Waals surface area (Å²) in [5, 5.41) is 9.30. The van der Waals surface area contributed by atoms with Gasteiger partial charge in [-0.15, -0.1) is 11.8 Å². The molecule has 0 aromatic carbocycles. The second-order valence-electron chi connectivity index (χ2n) is 5.05. The van der Waals surface area contributed by atoms with Gasteiger partial charge in [-0.2, -0.15) is 0 Å². The molecule has 0 aliphatic rings. The van der Waals surface area contributed by atoms with Crippen LogP contribution in [0.25, 0.3) is 0 Å². The van der Waals surface area contributed by atoms with Gasteiger partial charge in [-0.1, -0.05) is 26.6 Å². The zero-order valence-electron chi connectivity index (χ0n) is 10.1. The molecule has 0 aromatic rings. The highest BCUT2D eigenvalue weighted by Gasteiger charge is 2.09. The highest BCUT2D eigenvalue weighted by Crippen LogP contribution is 2.06. The van der Waals surface area contributed by atoms with Crippen LogP contribution in [0, 0.1) is 11.8 Å². The lowest BCUT2D eigenvalue weighted by Crippen LogP contribution is -2.17. The molecule has 0 aliphatic heterocycles. The third-order valence-corrected chi connectivity index (χ3v) is 3.29. The summed E-state index contributed by atoms with van der Waals surface area (Å²) in [7, 11) is -0.969. The maximum Gasteiger partial charge on any atom is 0.0573 e. The van der Waals surface area contributed by atoms with Crippen molar-refractivity contribution in [2.75, 3.05) is 0 Å². The largest absolute Gasteiger partial charge is 0.393 e. The summed E-state index contributed by atoms with van der Waals surface area (Å²) in [6, 6.07) is 1.10. The van der Waals surface area contributed by atoms with Crippen molar-refractivity contribution in [1.29, 1.82) is 0 Å². The summed E-state index contributed by atoms with van der Waals surface area (Å²) in [5.41, 5.74) is 0. The van der Waals surface area contributed by atoms with Gasteiger partial charge in [0.1, 0.15) is 0 Å². The van der Waals surface area contributed by atoms with Crippen LogP contribution >= 0.6 is 0 Å². The van der Waals surface area contributed by atoms with E-state index in [1.807, 2.05) is 6.92 Å². The minimum atomic E-state index is -0.969. The molecule has 2 heteroatoms. The van der Waals surface area contributed by atoms with Crippen LogP contribution in [0.3, 0.4) is 0 Å². The summed E-state index contributed by atoms with van der Waals surface area (Å²) in [6.07, 6.45) is 3.63. The first-order chi connectivity index (χ1) is 6.45. The van der Waals surface area contributed by atoms with E-state index in [2.05, 4.69) is 31.5 Å². The average Bonchev–Trinajstić information content (AvgIpc) is 2.08. The standard InChI is InChI=1S/C12H24OSi/c1-5-12(13)10-8-6-7-9-11-14(2,3)4/h12-13H,5-6,8,10-11H2,1-4H3/t12-/m0/s1. The summed E-state index contributed by atoms with van der Waals surface area (Å²) in [6.45, 7) is 9.02. The number of hydrogen-bond donors (Lipinski definition) is 1. The molecule has 0 aromatic heterocycles. The zero-order valence-corrected chi connectivity index (χ0v) is 11.1. The van der Waals surface area contributed by atoms with Gasteiger partial charge in [-0.3, -0.25) is 0 Å². The van der Waals surface area contributed by atoms with E-state index in [1.54, 1.807) is 0 Å². The second kappa shape index (κ2) is 7.08. The van der Waals surface area contributed by atoms with E-state index in [4.69, 9.17) is 0 Å². The van der Waals surface area contributed by atoms with E-state index in [-0.39, 0.29) is 6.10 Å². The van der Waals surface area contributed by atoms with Crippen molar-refractivity contribution in [3.05, 3.63) is 0 Å². The van der Waals surface area contributed by atoms with Gasteiger partial charge in [-0.05, 0) is 19.3 Å². The van der Waals surface area contributed by atoms with Gasteiger partial charge < -0.3 is 5.11 Å². The lowest BCUT2D eigenvalue weighted by Gasteiger charge is -2.09. The fourth-order valence-corrected chi connectivity index (χ4v) is 1.70. The van der Waals surface area contributed by atoms with Crippen LogP contribution in [0.1, 0.15) is 32.6 Å². The first-order valence-electron chi connectivity index (χ1n) is 5.59. The maximum absolute atomic E-state index is 9.30. The minimum Gasteiger partial charge on any atom is -0.393 e. The van der Waals surface area contributed by atoms with Crippen molar-refractivity contribution in [2.45, 2.75) is 64.4 Å². The molecule has 0 heterocycles. The Labute approximate surface area is 89.9 Å². The van der Waals surface area contributed by atoms with Crippen molar-refractivity contribution in [2.24, 2.45) is 0 Å². The third kappa shape index (κ3) is 9.82. The number of aliphatic hydroxyl groups is 1. The predicted molar refractivity (Wildman–Crippen MR) is 66.1 cm³/mol. The van der Waals surface area contributed by atoms with Gasteiger partial charge in [-0.25, -0.2) is 0 Å². The van der Waals surface area contributed by atoms with E-state index >= 15 is 0 Å². The second-order valence-corrected chi connectivity index (χ2v) is 10.5. The van der Waals surface area contributed by atoms with Gasteiger partial charge in [0.2, 0.25) is 0 Å². The Morgan fingerprint density at radius 2 is 1.86 bits per heavy atom. The van der Waals surface area contributed by atoms with Crippen LogP contribution in [0.15, 0.2) is 0 Å². The average molecular weight is 212 g/mol. The molecule has 0 aliphatic carbocycles. The fourth-order valence-electron chi connectivity index (χ4n) is 1.05. The molecule has 0 fully saturated rings. The SMILES string of the molecule is CC[C@H](O)CCCC#CC[Si](C)(C)C. The molecule has 1 N–H and O–H groups in total. The van der Waals surface area contributed by atoms with Crippen LogP contribution in [0.4, 0.5) is 0 Å². The monoisotopic (exact) mass is 212 g/mol. The minimum absolute atomic E-state index is 0.117. The Morgan fingerprint density at radius 1 is 1.21 bits per heavy atom. The molecule has 0 unspecified atom stereocenters. The van der Waals surface area contributed by atoms with Gasteiger partial charge >= 0.3 is 0 Å². The van der Waals surface area contributed by atoms with Crippen LogP contribution in [0.5, 0.6) is 0 Å². The Balaban J connectivity index is 3.44. The Bertz CT molecular complexity index is 195. The summed E-state index contributed by atoms with van der Waals surface area (Å²) in [4.78, 5) is 0. The van der Waals surface area contributed by atoms with Crippen molar-refractivity contribution >= 4 is 8.07 Å². The lowest BCUT2D eigenvalue weighted by molar-refractivity contribution is 0.158. The lowest BCUT2D eigenvalue weighted by atomic mass is 10.1. The highest BCUT2D eigenvalue weighted by atomic mass is 28.3. The molecule has 0 radical (unpaired) electrons. The first-order valence-corrected chi connectivity index (χ1v) is 9.30. The molecule has 0 spiro atoms. The molecule has 82 valence electrons. The Morgan fingerprint density at radius 3 is 2.36 bits per heavy atom. The Hall–Kier alpha value is -0.263. The van der Waals surface area contributed by atoms with Gasteiger partial charge in [0.05, 0.1) is 14.2 Å². The summed E-state index contributed by atoms with van der Waals surface area (Å²) >= 11 is 0. The predicted octanol–water partition coefficient (Wildman–Crippen LogP) is 3.27. The number of rotatable bonds is 5. The van der Waals surface area contributed by atoms with Crippen LogP contribution in [0.2, 0.25) is 25.7 Å². The fraction of sp³-hybridized carbons (Fsp3) is 0.833.